The molecule has 2 fully saturated rings. The Balaban J connectivity index is 0.00000128. The monoisotopic (exact) mass is 248 g/mol. The van der Waals surface area contributed by atoms with E-state index in [4.69, 9.17) is 4.74 Å². The van der Waals surface area contributed by atoms with Gasteiger partial charge in [0.05, 0.1) is 12.1 Å². The minimum Gasteiger partial charge on any atom is -0.376 e. The lowest BCUT2D eigenvalue weighted by molar-refractivity contribution is -0.136. The molecular weight excluding hydrogens is 228 g/mol. The van der Waals surface area contributed by atoms with Crippen molar-refractivity contribution < 1.29 is 9.53 Å². The maximum Gasteiger partial charge on any atom is 0.239 e. The summed E-state index contributed by atoms with van der Waals surface area (Å²) in [6.45, 7) is 5.43. The molecule has 0 radical (unpaired) electrons. The van der Waals surface area contributed by atoms with Gasteiger partial charge in [-0.1, -0.05) is 0 Å². The molecule has 2 atom stereocenters. The fourth-order valence-electron chi connectivity index (χ4n) is 2.13. The van der Waals surface area contributed by atoms with E-state index in [1.807, 2.05) is 11.8 Å². The maximum absolute atomic E-state index is 12.0. The Morgan fingerprint density at radius 3 is 2.69 bits per heavy atom. The van der Waals surface area contributed by atoms with Gasteiger partial charge in [0.25, 0.3) is 0 Å². The number of nitrogens with one attached hydrogen (secondary N) is 1. The van der Waals surface area contributed by atoms with Crippen molar-refractivity contribution in [3.63, 3.8) is 0 Å². The summed E-state index contributed by atoms with van der Waals surface area (Å²) in [5.41, 5.74) is 0. The van der Waals surface area contributed by atoms with Crippen LogP contribution in [0.5, 0.6) is 0 Å². The van der Waals surface area contributed by atoms with E-state index < -0.39 is 0 Å². The van der Waals surface area contributed by atoms with Gasteiger partial charge in [0, 0.05) is 19.7 Å². The van der Waals surface area contributed by atoms with Crippen molar-refractivity contribution in [1.29, 1.82) is 0 Å². The SMILES string of the molecule is CCN(CC1CCCO1)C(=O)[C@H]1CCN1.Cl. The average molecular weight is 249 g/mol. The highest BCUT2D eigenvalue weighted by atomic mass is 35.5. The highest BCUT2D eigenvalue weighted by molar-refractivity contribution is 5.85. The van der Waals surface area contributed by atoms with E-state index >= 15 is 0 Å². The summed E-state index contributed by atoms with van der Waals surface area (Å²) in [6.07, 6.45) is 3.50. The van der Waals surface area contributed by atoms with Crippen molar-refractivity contribution in [1.82, 2.24) is 10.2 Å². The minimum absolute atomic E-state index is 0. The molecule has 0 aromatic heterocycles. The molecule has 2 aliphatic heterocycles. The van der Waals surface area contributed by atoms with Crippen LogP contribution in [0.2, 0.25) is 0 Å². The van der Waals surface area contributed by atoms with Crippen molar-refractivity contribution in [3.05, 3.63) is 0 Å². The van der Waals surface area contributed by atoms with Gasteiger partial charge in [-0.25, -0.2) is 0 Å². The molecule has 0 aromatic carbocycles. The van der Waals surface area contributed by atoms with E-state index in [2.05, 4.69) is 5.32 Å². The summed E-state index contributed by atoms with van der Waals surface area (Å²) in [5.74, 6) is 0.249. The van der Waals surface area contributed by atoms with Gasteiger partial charge in [-0.05, 0) is 32.7 Å². The second-order valence-electron chi connectivity index (χ2n) is 4.31. The number of likely N-dealkylation sites (N-methyl/N-ethyl adjacent to an activating group) is 1. The number of nitrogens with zero attached hydrogens (tertiary/aromatic N) is 1. The molecule has 0 aliphatic carbocycles. The first-order valence-corrected chi connectivity index (χ1v) is 5.95. The van der Waals surface area contributed by atoms with Crippen LogP contribution in [0.4, 0.5) is 0 Å². The Hall–Kier alpha value is -0.320. The second kappa shape index (κ2) is 6.42. The summed E-state index contributed by atoms with van der Waals surface area (Å²) in [7, 11) is 0. The molecule has 0 spiro atoms. The topological polar surface area (TPSA) is 41.6 Å². The lowest BCUT2D eigenvalue weighted by Gasteiger charge is -2.33. The molecule has 1 N–H and O–H groups in total. The van der Waals surface area contributed by atoms with Crippen molar-refractivity contribution >= 4 is 18.3 Å². The third-order valence-corrected chi connectivity index (χ3v) is 3.26. The number of rotatable bonds is 4. The minimum atomic E-state index is 0. The molecule has 2 aliphatic rings. The van der Waals surface area contributed by atoms with Gasteiger partial charge in [0.15, 0.2) is 0 Å². The molecule has 2 rings (SSSR count). The summed E-state index contributed by atoms with van der Waals surface area (Å²) in [5, 5.41) is 3.15. The first-order valence-electron chi connectivity index (χ1n) is 5.95. The van der Waals surface area contributed by atoms with Crippen LogP contribution in [0.15, 0.2) is 0 Å². The smallest absolute Gasteiger partial charge is 0.239 e. The molecule has 2 heterocycles. The van der Waals surface area contributed by atoms with Gasteiger partial charge >= 0.3 is 0 Å². The van der Waals surface area contributed by atoms with Crippen molar-refractivity contribution in [3.8, 4) is 0 Å². The van der Waals surface area contributed by atoms with Crippen molar-refractivity contribution in [2.45, 2.75) is 38.3 Å². The number of ether oxygens (including phenoxy) is 1. The number of hydrogen-bond acceptors (Lipinski definition) is 3. The van der Waals surface area contributed by atoms with E-state index in [9.17, 15) is 4.79 Å². The molecule has 1 amide bonds. The Bertz CT molecular complexity index is 228. The maximum atomic E-state index is 12.0. The summed E-state index contributed by atoms with van der Waals surface area (Å²) in [6, 6.07) is 0.0753. The highest BCUT2D eigenvalue weighted by Crippen LogP contribution is 2.15. The van der Waals surface area contributed by atoms with Crippen molar-refractivity contribution in [2.24, 2.45) is 0 Å². The Morgan fingerprint density at radius 2 is 2.25 bits per heavy atom. The Labute approximate surface area is 103 Å². The second-order valence-corrected chi connectivity index (χ2v) is 4.31. The highest BCUT2D eigenvalue weighted by Gasteiger charge is 2.30. The van der Waals surface area contributed by atoms with Crippen LogP contribution in [0.25, 0.3) is 0 Å². The molecule has 5 heteroatoms. The standard InChI is InChI=1S/C11H20N2O2.ClH/c1-2-13(8-9-4-3-7-15-9)11(14)10-5-6-12-10;/h9-10,12H,2-8H2,1H3;1H/t9?,10-;/m1./s1. The largest absolute Gasteiger partial charge is 0.376 e. The number of amides is 1. The molecule has 0 saturated carbocycles. The number of carbonyl (C=O) groups is 1. The zero-order chi connectivity index (χ0) is 10.7. The van der Waals surface area contributed by atoms with E-state index in [1.165, 1.54) is 0 Å². The molecule has 94 valence electrons. The molecular formula is C11H21ClN2O2. The van der Waals surface area contributed by atoms with Gasteiger partial charge in [0.1, 0.15) is 0 Å². The Morgan fingerprint density at radius 1 is 1.50 bits per heavy atom. The van der Waals surface area contributed by atoms with E-state index in [1.54, 1.807) is 0 Å². The third kappa shape index (κ3) is 3.09. The summed E-state index contributed by atoms with van der Waals surface area (Å²) >= 11 is 0. The molecule has 0 bridgehead atoms. The molecule has 4 nitrogen and oxygen atoms in total. The third-order valence-electron chi connectivity index (χ3n) is 3.26. The fraction of sp³-hybridized carbons (Fsp3) is 0.909. The van der Waals surface area contributed by atoms with Crippen LogP contribution in [0.1, 0.15) is 26.2 Å². The van der Waals surface area contributed by atoms with Gasteiger partial charge in [-0.3, -0.25) is 4.79 Å². The number of carbonyl (C=O) groups excluding carboxylic acids is 1. The van der Waals surface area contributed by atoms with Gasteiger partial charge in [-0.2, -0.15) is 0 Å². The summed E-state index contributed by atoms with van der Waals surface area (Å²) in [4.78, 5) is 13.9. The number of hydrogen-bond donors (Lipinski definition) is 1. The van der Waals surface area contributed by atoms with Crippen LogP contribution in [0, 0.1) is 0 Å². The van der Waals surface area contributed by atoms with E-state index in [-0.39, 0.29) is 30.5 Å². The normalized spacial score (nSPS) is 28.1. The Kier molecular flexibility index (Phi) is 5.52. The van der Waals surface area contributed by atoms with Gasteiger partial charge in [0.2, 0.25) is 5.91 Å². The van der Waals surface area contributed by atoms with Gasteiger partial charge in [-0.15, -0.1) is 12.4 Å². The molecule has 16 heavy (non-hydrogen) atoms. The number of halogens is 1. The zero-order valence-electron chi connectivity index (χ0n) is 9.78. The molecule has 1 unspecified atom stereocenters. The quantitative estimate of drug-likeness (QED) is 0.800. The first kappa shape index (κ1) is 13.7. The zero-order valence-corrected chi connectivity index (χ0v) is 10.6. The van der Waals surface area contributed by atoms with Crippen LogP contribution in [-0.4, -0.2) is 49.2 Å². The lowest BCUT2D eigenvalue weighted by Crippen LogP contribution is -2.55. The molecule has 0 aromatic rings. The van der Waals surface area contributed by atoms with Crippen LogP contribution >= 0.6 is 12.4 Å². The van der Waals surface area contributed by atoms with Crippen molar-refractivity contribution in [2.75, 3.05) is 26.2 Å². The van der Waals surface area contributed by atoms with Crippen LogP contribution in [0.3, 0.4) is 0 Å². The molecule has 2 saturated heterocycles. The first-order chi connectivity index (χ1) is 7.31. The fourth-order valence-corrected chi connectivity index (χ4v) is 2.13. The predicted octanol–water partition coefficient (Wildman–Crippen LogP) is 0.798. The van der Waals surface area contributed by atoms with Crippen LogP contribution in [-0.2, 0) is 9.53 Å². The van der Waals surface area contributed by atoms with E-state index in [0.29, 0.717) is 0 Å². The van der Waals surface area contributed by atoms with Gasteiger partial charge < -0.3 is 15.0 Å². The summed E-state index contributed by atoms with van der Waals surface area (Å²) < 4.78 is 5.55. The average Bonchev–Trinajstić information content (AvgIpc) is 2.63. The predicted molar refractivity (Wildman–Crippen MR) is 64.9 cm³/mol. The lowest BCUT2D eigenvalue weighted by atomic mass is 10.1. The van der Waals surface area contributed by atoms with Crippen LogP contribution < -0.4 is 5.32 Å². The van der Waals surface area contributed by atoms with E-state index in [0.717, 1.165) is 45.5 Å².